The standard InChI is InChI=1S/C63H38N4O2/c1-4-16-39(17-5-1)41-30-32-43(33-31-41)62-64-61(42-20-8-3-9-21-42)65-63(66-62)49-26-15-29-57-59(49)48-25-14-24-47(60(48)69-57)51-38-58-52(46-23-11-13-28-56(46)68-58)37-55(51)67-53-27-12-10-22-45(53)50-36-44(34-35-54(50)67)40-18-6-2-7-19-40/h1-38H. The Balaban J connectivity index is 0.991. The lowest BCUT2D eigenvalue weighted by atomic mass is 9.97. The highest BCUT2D eigenvalue weighted by atomic mass is 16.3. The van der Waals surface area contributed by atoms with Crippen molar-refractivity contribution in [2.24, 2.45) is 0 Å². The summed E-state index contributed by atoms with van der Waals surface area (Å²) in [6, 6.07) is 80.4. The van der Waals surface area contributed by atoms with E-state index in [9.17, 15) is 0 Å². The van der Waals surface area contributed by atoms with Crippen molar-refractivity contribution in [1.82, 2.24) is 19.5 Å². The van der Waals surface area contributed by atoms with Gasteiger partial charge in [-0.25, -0.2) is 15.0 Å². The van der Waals surface area contributed by atoms with Crippen molar-refractivity contribution in [2.45, 2.75) is 0 Å². The van der Waals surface area contributed by atoms with Crippen LogP contribution in [0.4, 0.5) is 0 Å². The molecule has 6 nitrogen and oxygen atoms in total. The van der Waals surface area contributed by atoms with E-state index in [1.54, 1.807) is 0 Å². The third-order valence-electron chi connectivity index (χ3n) is 13.5. The number of rotatable bonds is 7. The van der Waals surface area contributed by atoms with Gasteiger partial charge in [-0.2, -0.15) is 0 Å². The van der Waals surface area contributed by atoms with Crippen molar-refractivity contribution in [1.29, 1.82) is 0 Å². The van der Waals surface area contributed by atoms with Crippen molar-refractivity contribution in [3.05, 3.63) is 231 Å². The number of benzene rings is 10. The van der Waals surface area contributed by atoms with Gasteiger partial charge in [0.1, 0.15) is 22.3 Å². The average molecular weight is 883 g/mol. The predicted molar refractivity (Wildman–Crippen MR) is 281 cm³/mol. The summed E-state index contributed by atoms with van der Waals surface area (Å²) in [4.78, 5) is 15.5. The highest BCUT2D eigenvalue weighted by molar-refractivity contribution is 6.17. The third-order valence-corrected chi connectivity index (χ3v) is 13.5. The first-order valence-corrected chi connectivity index (χ1v) is 23.2. The molecule has 0 amide bonds. The number of hydrogen-bond donors (Lipinski definition) is 0. The molecule has 0 aliphatic rings. The fourth-order valence-electron chi connectivity index (χ4n) is 10.2. The first-order chi connectivity index (χ1) is 34.2. The summed E-state index contributed by atoms with van der Waals surface area (Å²) >= 11 is 0. The van der Waals surface area contributed by atoms with E-state index in [1.165, 1.54) is 21.9 Å². The molecule has 0 aliphatic carbocycles. The zero-order chi connectivity index (χ0) is 45.4. The molecule has 69 heavy (non-hydrogen) atoms. The number of para-hydroxylation sites is 3. The molecule has 0 saturated carbocycles. The summed E-state index contributed by atoms with van der Waals surface area (Å²) in [5.41, 5.74) is 15.6. The molecule has 6 heteroatoms. The minimum absolute atomic E-state index is 0.564. The summed E-state index contributed by atoms with van der Waals surface area (Å²) < 4.78 is 16.1. The van der Waals surface area contributed by atoms with Crippen LogP contribution in [0, 0.1) is 0 Å². The minimum atomic E-state index is 0.564. The summed E-state index contributed by atoms with van der Waals surface area (Å²) in [5.74, 6) is 1.75. The number of hydrogen-bond acceptors (Lipinski definition) is 5. The molecule has 0 atom stereocenters. The largest absolute Gasteiger partial charge is 0.456 e. The van der Waals surface area contributed by atoms with E-state index in [2.05, 4.69) is 174 Å². The second-order valence-corrected chi connectivity index (χ2v) is 17.5. The zero-order valence-electron chi connectivity index (χ0n) is 37.0. The van der Waals surface area contributed by atoms with E-state index >= 15 is 0 Å². The van der Waals surface area contributed by atoms with E-state index < -0.39 is 0 Å². The molecule has 14 rings (SSSR count). The number of nitrogens with zero attached hydrogens (tertiary/aromatic N) is 4. The highest BCUT2D eigenvalue weighted by Crippen LogP contribution is 2.46. The molecule has 0 N–H and O–H groups in total. The maximum atomic E-state index is 7.06. The molecule has 0 aliphatic heterocycles. The Morgan fingerprint density at radius 2 is 0.826 bits per heavy atom. The predicted octanol–water partition coefficient (Wildman–Crippen LogP) is 16.8. The molecule has 0 unspecified atom stereocenters. The lowest BCUT2D eigenvalue weighted by molar-refractivity contribution is 0.668. The maximum absolute atomic E-state index is 7.06. The molecular formula is C63H38N4O2. The number of aromatic nitrogens is 4. The van der Waals surface area contributed by atoms with Crippen molar-refractivity contribution in [3.8, 4) is 73.2 Å². The van der Waals surface area contributed by atoms with Crippen LogP contribution in [0.15, 0.2) is 239 Å². The van der Waals surface area contributed by atoms with Gasteiger partial charge in [-0.1, -0.05) is 188 Å². The summed E-state index contributed by atoms with van der Waals surface area (Å²) in [5, 5.41) is 6.36. The molecule has 0 fully saturated rings. The second kappa shape index (κ2) is 15.6. The van der Waals surface area contributed by atoms with Crippen LogP contribution in [0.3, 0.4) is 0 Å². The van der Waals surface area contributed by atoms with Crippen molar-refractivity contribution < 1.29 is 8.83 Å². The first-order valence-electron chi connectivity index (χ1n) is 23.2. The monoisotopic (exact) mass is 882 g/mol. The normalized spacial score (nSPS) is 11.8. The molecule has 4 heterocycles. The molecular weight excluding hydrogens is 845 g/mol. The lowest BCUT2D eigenvalue weighted by Crippen LogP contribution is -2.00. The minimum Gasteiger partial charge on any atom is -0.456 e. The summed E-state index contributed by atoms with van der Waals surface area (Å²) in [6.07, 6.45) is 0. The van der Waals surface area contributed by atoms with Crippen LogP contribution in [0.25, 0.3) is 139 Å². The molecule has 0 saturated heterocycles. The molecule has 10 aromatic carbocycles. The van der Waals surface area contributed by atoms with E-state index in [0.29, 0.717) is 17.5 Å². The van der Waals surface area contributed by atoms with E-state index in [1.807, 2.05) is 60.7 Å². The van der Waals surface area contributed by atoms with Gasteiger partial charge in [-0.3, -0.25) is 0 Å². The van der Waals surface area contributed by atoms with E-state index in [-0.39, 0.29) is 0 Å². The Kier molecular flexibility index (Phi) is 8.79. The van der Waals surface area contributed by atoms with Gasteiger partial charge in [0, 0.05) is 60.1 Å². The van der Waals surface area contributed by atoms with Crippen LogP contribution in [0.5, 0.6) is 0 Å². The molecule has 0 radical (unpaired) electrons. The Hall–Kier alpha value is -9.39. The summed E-state index contributed by atoms with van der Waals surface area (Å²) in [7, 11) is 0. The van der Waals surface area contributed by atoms with Gasteiger partial charge in [0.25, 0.3) is 0 Å². The van der Waals surface area contributed by atoms with Crippen LogP contribution >= 0.6 is 0 Å². The second-order valence-electron chi connectivity index (χ2n) is 17.5. The fraction of sp³-hybridized carbons (Fsp3) is 0. The van der Waals surface area contributed by atoms with Crippen LogP contribution in [-0.2, 0) is 0 Å². The Morgan fingerprint density at radius 3 is 1.59 bits per heavy atom. The van der Waals surface area contributed by atoms with Crippen LogP contribution in [0.2, 0.25) is 0 Å². The highest BCUT2D eigenvalue weighted by Gasteiger charge is 2.24. The number of fused-ring (bicyclic) bond motifs is 9. The Bertz CT molecular complexity index is 4290. The van der Waals surface area contributed by atoms with Crippen LogP contribution < -0.4 is 0 Å². The van der Waals surface area contributed by atoms with Gasteiger partial charge in [0.05, 0.1) is 16.7 Å². The van der Waals surface area contributed by atoms with Crippen molar-refractivity contribution in [3.63, 3.8) is 0 Å². The van der Waals surface area contributed by atoms with Gasteiger partial charge in [0.2, 0.25) is 0 Å². The van der Waals surface area contributed by atoms with Crippen LogP contribution in [0.1, 0.15) is 0 Å². The maximum Gasteiger partial charge on any atom is 0.164 e. The van der Waals surface area contributed by atoms with Crippen molar-refractivity contribution >= 4 is 65.7 Å². The quantitative estimate of drug-likeness (QED) is 0.159. The smallest absolute Gasteiger partial charge is 0.164 e. The zero-order valence-corrected chi connectivity index (χ0v) is 37.0. The SMILES string of the molecule is c1ccc(-c2ccc(-c3nc(-c4ccccc4)nc(-c4cccc5oc6c(-c7cc8oc9ccccc9c8cc7-n7c8ccccc8c8cc(-c9ccccc9)ccc87)cccc6c45)n3)cc2)cc1. The number of furan rings is 2. The fourth-order valence-corrected chi connectivity index (χ4v) is 10.2. The van der Waals surface area contributed by atoms with Gasteiger partial charge >= 0.3 is 0 Å². The lowest BCUT2D eigenvalue weighted by Gasteiger charge is -2.15. The molecule has 0 bridgehead atoms. The van der Waals surface area contributed by atoms with Gasteiger partial charge in [-0.15, -0.1) is 0 Å². The van der Waals surface area contributed by atoms with E-state index in [4.69, 9.17) is 23.8 Å². The van der Waals surface area contributed by atoms with Gasteiger partial charge in [-0.05, 0) is 64.7 Å². The van der Waals surface area contributed by atoms with Crippen molar-refractivity contribution in [2.75, 3.05) is 0 Å². The molecule has 0 spiro atoms. The average Bonchev–Trinajstić information content (AvgIpc) is 4.10. The molecule has 14 aromatic rings. The Morgan fingerprint density at radius 1 is 0.290 bits per heavy atom. The summed E-state index contributed by atoms with van der Waals surface area (Å²) in [6.45, 7) is 0. The van der Waals surface area contributed by atoms with Gasteiger partial charge < -0.3 is 13.4 Å². The third kappa shape index (κ3) is 6.38. The molecule has 322 valence electrons. The van der Waals surface area contributed by atoms with E-state index in [0.717, 1.165) is 99.5 Å². The first kappa shape index (κ1) is 38.8. The van der Waals surface area contributed by atoms with Gasteiger partial charge in [0.15, 0.2) is 17.5 Å². The molecule has 4 aromatic heterocycles. The van der Waals surface area contributed by atoms with Crippen LogP contribution in [-0.4, -0.2) is 19.5 Å². The topological polar surface area (TPSA) is 69.9 Å². The Labute approximate surface area is 396 Å².